The van der Waals surface area contributed by atoms with E-state index in [0.717, 1.165) is 47.8 Å². The standard InChI is InChI=1S/C14H14ClNO.C10H14N4.C2H6/c1-2-10-8-9-4-3-5-12(15)13(9)14(17)16(10)11-6-7-11;1-3-6(2)7-4-12-10-8(7)9(11)13-5-14-10;1-2/h3-5,8,11H,2,6-7H2,1H3;4-6H,3H2,1-2H3,(H3,11,12,13,14);1-2H3. The summed E-state index contributed by atoms with van der Waals surface area (Å²) >= 11 is 6.14. The van der Waals surface area contributed by atoms with Crippen molar-refractivity contribution >= 4 is 39.2 Å². The fourth-order valence-electron chi connectivity index (χ4n) is 4.01. The minimum atomic E-state index is 0.0763. The molecule has 176 valence electrons. The Morgan fingerprint density at radius 3 is 2.58 bits per heavy atom. The van der Waals surface area contributed by atoms with Gasteiger partial charge in [-0.15, -0.1) is 0 Å². The van der Waals surface area contributed by atoms with Crippen molar-refractivity contribution in [3.63, 3.8) is 0 Å². The van der Waals surface area contributed by atoms with Crippen molar-refractivity contribution in [2.24, 2.45) is 0 Å². The van der Waals surface area contributed by atoms with Crippen LogP contribution in [0.2, 0.25) is 5.02 Å². The Morgan fingerprint density at radius 2 is 1.94 bits per heavy atom. The maximum Gasteiger partial charge on any atom is 0.260 e. The van der Waals surface area contributed by atoms with E-state index in [4.69, 9.17) is 17.3 Å². The van der Waals surface area contributed by atoms with Crippen LogP contribution in [0.3, 0.4) is 0 Å². The summed E-state index contributed by atoms with van der Waals surface area (Å²) in [6.07, 6.45) is 7.65. The largest absolute Gasteiger partial charge is 0.383 e. The Balaban J connectivity index is 0.000000176. The van der Waals surface area contributed by atoms with Gasteiger partial charge >= 0.3 is 0 Å². The zero-order valence-electron chi connectivity index (χ0n) is 20.2. The van der Waals surface area contributed by atoms with E-state index in [0.29, 0.717) is 28.2 Å². The van der Waals surface area contributed by atoms with Gasteiger partial charge in [0, 0.05) is 17.9 Å². The van der Waals surface area contributed by atoms with Crippen LogP contribution in [0.15, 0.2) is 41.6 Å². The van der Waals surface area contributed by atoms with Gasteiger partial charge in [0.15, 0.2) is 0 Å². The highest BCUT2D eigenvalue weighted by atomic mass is 35.5. The summed E-state index contributed by atoms with van der Waals surface area (Å²) in [7, 11) is 0. The Labute approximate surface area is 200 Å². The van der Waals surface area contributed by atoms with Gasteiger partial charge in [-0.2, -0.15) is 0 Å². The van der Waals surface area contributed by atoms with Gasteiger partial charge in [-0.25, -0.2) is 9.97 Å². The molecule has 1 unspecified atom stereocenters. The minimum absolute atomic E-state index is 0.0763. The molecular weight excluding hydrogens is 434 g/mol. The van der Waals surface area contributed by atoms with Crippen molar-refractivity contribution in [3.8, 4) is 0 Å². The van der Waals surface area contributed by atoms with E-state index in [1.165, 1.54) is 11.9 Å². The van der Waals surface area contributed by atoms with Crippen molar-refractivity contribution in [1.82, 2.24) is 19.5 Å². The number of nitrogens with zero attached hydrogens (tertiary/aromatic N) is 3. The molecule has 0 radical (unpaired) electrons. The lowest BCUT2D eigenvalue weighted by Gasteiger charge is -2.12. The molecule has 3 aromatic heterocycles. The van der Waals surface area contributed by atoms with Gasteiger partial charge in [0.2, 0.25) is 0 Å². The second-order valence-electron chi connectivity index (χ2n) is 8.14. The zero-order chi connectivity index (χ0) is 24.1. The summed E-state index contributed by atoms with van der Waals surface area (Å²) in [6.45, 7) is 10.4. The van der Waals surface area contributed by atoms with Crippen LogP contribution in [0.5, 0.6) is 0 Å². The minimum Gasteiger partial charge on any atom is -0.383 e. The Kier molecular flexibility index (Phi) is 8.14. The Bertz CT molecular complexity index is 1290. The van der Waals surface area contributed by atoms with E-state index in [1.54, 1.807) is 6.07 Å². The number of nitrogens with two attached hydrogens (primary N) is 1. The van der Waals surface area contributed by atoms with E-state index < -0.39 is 0 Å². The molecule has 1 saturated carbocycles. The molecular formula is C26H34ClN5O. The fourth-order valence-corrected chi connectivity index (χ4v) is 4.27. The van der Waals surface area contributed by atoms with Crippen molar-refractivity contribution in [1.29, 1.82) is 0 Å². The smallest absolute Gasteiger partial charge is 0.260 e. The van der Waals surface area contributed by atoms with Crippen LogP contribution >= 0.6 is 11.6 Å². The first kappa shape index (κ1) is 24.8. The van der Waals surface area contributed by atoms with Crippen molar-refractivity contribution in [3.05, 3.63) is 63.4 Å². The number of hydrogen-bond donors (Lipinski definition) is 2. The summed E-state index contributed by atoms with van der Waals surface area (Å²) in [5.41, 5.74) is 9.05. The second-order valence-corrected chi connectivity index (χ2v) is 8.54. The predicted octanol–water partition coefficient (Wildman–Crippen LogP) is 6.63. The second kappa shape index (κ2) is 10.8. The summed E-state index contributed by atoms with van der Waals surface area (Å²) < 4.78 is 1.94. The third-order valence-electron chi connectivity index (χ3n) is 6.06. The first-order valence-corrected chi connectivity index (χ1v) is 12.2. The van der Waals surface area contributed by atoms with E-state index in [-0.39, 0.29) is 5.56 Å². The number of rotatable bonds is 4. The van der Waals surface area contributed by atoms with Gasteiger partial charge in [0.25, 0.3) is 5.56 Å². The maximum atomic E-state index is 12.5. The predicted molar refractivity (Wildman–Crippen MR) is 139 cm³/mol. The van der Waals surface area contributed by atoms with Gasteiger partial charge in [0.1, 0.15) is 17.8 Å². The third-order valence-corrected chi connectivity index (χ3v) is 6.37. The first-order valence-electron chi connectivity index (χ1n) is 11.9. The van der Waals surface area contributed by atoms with Crippen LogP contribution in [0.1, 0.15) is 77.1 Å². The number of aromatic nitrogens is 4. The summed E-state index contributed by atoms with van der Waals surface area (Å²) in [5.74, 6) is 1.04. The number of aromatic amines is 1. The number of fused-ring (bicyclic) bond motifs is 2. The number of aryl methyl sites for hydroxylation is 1. The molecule has 0 saturated heterocycles. The molecule has 1 aromatic carbocycles. The van der Waals surface area contributed by atoms with Gasteiger partial charge in [0.05, 0.1) is 15.8 Å². The number of anilines is 1. The average molecular weight is 468 g/mol. The van der Waals surface area contributed by atoms with Crippen molar-refractivity contribution in [2.75, 3.05) is 5.73 Å². The molecule has 1 aliphatic carbocycles. The molecule has 3 N–H and O–H groups in total. The first-order chi connectivity index (χ1) is 16.0. The molecule has 5 rings (SSSR count). The quantitative estimate of drug-likeness (QED) is 0.352. The topological polar surface area (TPSA) is 89.6 Å². The van der Waals surface area contributed by atoms with E-state index in [2.05, 4.69) is 41.8 Å². The normalized spacial score (nSPS) is 13.8. The number of halogens is 1. The number of hydrogen-bond acceptors (Lipinski definition) is 4. The molecule has 6 nitrogen and oxygen atoms in total. The van der Waals surface area contributed by atoms with E-state index in [9.17, 15) is 4.79 Å². The van der Waals surface area contributed by atoms with Gasteiger partial charge in [-0.1, -0.05) is 58.4 Å². The monoisotopic (exact) mass is 467 g/mol. The molecule has 7 heteroatoms. The SMILES string of the molecule is CC.CCC(C)c1c[nH]c2ncnc(N)c12.CCc1cc2cccc(Cl)c2c(=O)n1C1CC1. The molecule has 0 aliphatic heterocycles. The summed E-state index contributed by atoms with van der Waals surface area (Å²) in [6, 6.07) is 8.14. The van der Waals surface area contributed by atoms with Gasteiger partial charge < -0.3 is 15.3 Å². The Morgan fingerprint density at radius 1 is 1.21 bits per heavy atom. The molecule has 0 amide bonds. The molecule has 1 fully saturated rings. The fraction of sp³-hybridized carbons (Fsp3) is 0.423. The Hall–Kier alpha value is -2.86. The molecule has 33 heavy (non-hydrogen) atoms. The van der Waals surface area contributed by atoms with Crippen LogP contribution in [0, 0.1) is 0 Å². The molecule has 4 aromatic rings. The maximum absolute atomic E-state index is 12.5. The number of pyridine rings is 1. The lowest BCUT2D eigenvalue weighted by Crippen LogP contribution is -2.22. The highest BCUT2D eigenvalue weighted by Crippen LogP contribution is 2.36. The summed E-state index contributed by atoms with van der Waals surface area (Å²) in [5, 5.41) is 3.15. The number of nitrogens with one attached hydrogen (secondary N) is 1. The van der Waals surface area contributed by atoms with Crippen LogP contribution in [-0.2, 0) is 6.42 Å². The zero-order valence-corrected chi connectivity index (χ0v) is 20.9. The van der Waals surface area contributed by atoms with Crippen LogP contribution < -0.4 is 11.3 Å². The number of nitrogen functional groups attached to an aromatic ring is 1. The van der Waals surface area contributed by atoms with E-state index >= 15 is 0 Å². The molecule has 1 aliphatic rings. The van der Waals surface area contributed by atoms with Crippen molar-refractivity contribution < 1.29 is 0 Å². The lowest BCUT2D eigenvalue weighted by atomic mass is 9.99. The molecule has 1 atom stereocenters. The number of H-pyrrole nitrogens is 1. The molecule has 0 bridgehead atoms. The third kappa shape index (κ3) is 5.06. The highest BCUT2D eigenvalue weighted by molar-refractivity contribution is 6.35. The molecule has 0 spiro atoms. The lowest BCUT2D eigenvalue weighted by molar-refractivity contribution is 0.670. The molecule has 3 heterocycles. The van der Waals surface area contributed by atoms with Gasteiger partial charge in [-0.05, 0) is 54.7 Å². The van der Waals surface area contributed by atoms with Crippen LogP contribution in [-0.4, -0.2) is 19.5 Å². The summed E-state index contributed by atoms with van der Waals surface area (Å²) in [4.78, 5) is 23.7. The van der Waals surface area contributed by atoms with E-state index in [1.807, 2.05) is 36.7 Å². The average Bonchev–Trinajstić information content (AvgIpc) is 3.57. The highest BCUT2D eigenvalue weighted by Gasteiger charge is 2.27. The van der Waals surface area contributed by atoms with Crippen LogP contribution in [0.4, 0.5) is 5.82 Å². The van der Waals surface area contributed by atoms with Crippen molar-refractivity contribution in [2.45, 2.75) is 72.3 Å². The van der Waals surface area contributed by atoms with Gasteiger partial charge in [-0.3, -0.25) is 4.79 Å². The van der Waals surface area contributed by atoms with Crippen LogP contribution in [0.25, 0.3) is 21.8 Å². The number of benzene rings is 1.